The van der Waals surface area contributed by atoms with Crippen LogP contribution in [0.25, 0.3) is 0 Å². The molecule has 1 aromatic carbocycles. The number of hydrogen-bond acceptors (Lipinski definition) is 4. The number of hydrogen-bond donors (Lipinski definition) is 4. The fourth-order valence-corrected chi connectivity index (χ4v) is 1.58. The average molecular weight is 265 g/mol. The van der Waals surface area contributed by atoms with Crippen molar-refractivity contribution in [2.75, 3.05) is 7.05 Å². The molecule has 0 saturated carbocycles. The van der Waals surface area contributed by atoms with Crippen LogP contribution in [0.1, 0.15) is 22.8 Å². The Morgan fingerprint density at radius 3 is 2.32 bits per heavy atom. The summed E-state index contributed by atoms with van der Waals surface area (Å²) in [6, 6.07) is 5.76. The zero-order valence-corrected chi connectivity index (χ0v) is 11.0. The Hall–Kier alpha value is -1.92. The van der Waals surface area contributed by atoms with E-state index in [9.17, 15) is 14.7 Å². The lowest BCUT2D eigenvalue weighted by molar-refractivity contribution is -0.124. The van der Waals surface area contributed by atoms with Crippen molar-refractivity contribution in [2.45, 2.75) is 25.6 Å². The normalized spacial score (nSPS) is 13.5. The molecule has 0 bridgehead atoms. The summed E-state index contributed by atoms with van der Waals surface area (Å²) in [4.78, 5) is 23.5. The Labute approximate surface area is 112 Å². The van der Waals surface area contributed by atoms with Gasteiger partial charge in [-0.25, -0.2) is 0 Å². The van der Waals surface area contributed by atoms with Crippen LogP contribution in [0.4, 0.5) is 0 Å². The highest BCUT2D eigenvalue weighted by atomic mass is 16.3. The van der Waals surface area contributed by atoms with Crippen molar-refractivity contribution >= 4 is 11.8 Å². The number of nitrogens with one attached hydrogen (secondary N) is 2. The van der Waals surface area contributed by atoms with Crippen LogP contribution in [-0.4, -0.2) is 36.1 Å². The Balaban J connectivity index is 2.78. The fraction of sp³-hybridized carbons (Fsp3) is 0.385. The number of nitrogens with two attached hydrogens (primary N) is 1. The Kier molecular flexibility index (Phi) is 5.47. The minimum atomic E-state index is -0.980. The summed E-state index contributed by atoms with van der Waals surface area (Å²) < 4.78 is 0. The number of rotatable bonds is 5. The number of carbonyl (C=O) groups excluding carboxylic acids is 2. The predicted molar refractivity (Wildman–Crippen MR) is 71.3 cm³/mol. The molecule has 0 aliphatic rings. The van der Waals surface area contributed by atoms with Gasteiger partial charge in [0.15, 0.2) is 0 Å². The van der Waals surface area contributed by atoms with Gasteiger partial charge in [0.05, 0.1) is 6.10 Å². The summed E-state index contributed by atoms with van der Waals surface area (Å²) in [6.07, 6.45) is -0.979. The van der Waals surface area contributed by atoms with Gasteiger partial charge in [0.1, 0.15) is 6.04 Å². The molecule has 0 heterocycles. The highest BCUT2D eigenvalue weighted by molar-refractivity contribution is 5.97. The number of amides is 2. The molecule has 5 N–H and O–H groups in total. The van der Waals surface area contributed by atoms with Gasteiger partial charge in [-0.2, -0.15) is 0 Å². The van der Waals surface area contributed by atoms with E-state index in [0.29, 0.717) is 12.1 Å². The average Bonchev–Trinajstić information content (AvgIpc) is 2.43. The topological polar surface area (TPSA) is 104 Å². The smallest absolute Gasteiger partial charge is 0.252 e. The van der Waals surface area contributed by atoms with Crippen LogP contribution >= 0.6 is 0 Å². The molecule has 1 rings (SSSR count). The van der Waals surface area contributed by atoms with E-state index in [2.05, 4.69) is 10.6 Å². The van der Waals surface area contributed by atoms with E-state index >= 15 is 0 Å². The molecule has 0 saturated heterocycles. The molecule has 2 amide bonds. The molecule has 6 nitrogen and oxygen atoms in total. The Morgan fingerprint density at radius 2 is 1.89 bits per heavy atom. The summed E-state index contributed by atoms with van der Waals surface area (Å²) in [5, 5.41) is 14.4. The molecule has 0 aliphatic heterocycles. The number of aliphatic hydroxyl groups excluding tert-OH is 1. The quantitative estimate of drug-likeness (QED) is 0.569. The third kappa shape index (κ3) is 4.04. The number of aliphatic hydroxyl groups is 1. The molecule has 19 heavy (non-hydrogen) atoms. The highest BCUT2D eigenvalue weighted by Gasteiger charge is 2.24. The van der Waals surface area contributed by atoms with E-state index in [1.165, 1.54) is 14.0 Å². The van der Waals surface area contributed by atoms with Crippen molar-refractivity contribution in [3.63, 3.8) is 0 Å². The second-order valence-electron chi connectivity index (χ2n) is 4.21. The second kappa shape index (κ2) is 6.86. The van der Waals surface area contributed by atoms with Crippen molar-refractivity contribution in [3.8, 4) is 0 Å². The van der Waals surface area contributed by atoms with E-state index in [1.54, 1.807) is 24.3 Å². The van der Waals surface area contributed by atoms with E-state index in [1.807, 2.05) is 0 Å². The maximum Gasteiger partial charge on any atom is 0.252 e. The lowest BCUT2D eigenvalue weighted by atomic mass is 10.1. The van der Waals surface area contributed by atoms with Crippen molar-refractivity contribution in [3.05, 3.63) is 35.4 Å². The summed E-state index contributed by atoms with van der Waals surface area (Å²) >= 11 is 0. The van der Waals surface area contributed by atoms with Gasteiger partial charge in [0, 0.05) is 19.2 Å². The monoisotopic (exact) mass is 265 g/mol. The van der Waals surface area contributed by atoms with Gasteiger partial charge < -0.3 is 21.5 Å². The minimum absolute atomic E-state index is 0.399. The molecule has 0 fully saturated rings. The SMILES string of the molecule is CNC(=O)C(NC(=O)c1ccc(CN)cc1)C(C)O. The molecule has 104 valence electrons. The van der Waals surface area contributed by atoms with Crippen LogP contribution in [0.2, 0.25) is 0 Å². The Morgan fingerprint density at radius 1 is 1.32 bits per heavy atom. The van der Waals surface area contributed by atoms with Crippen molar-refractivity contribution < 1.29 is 14.7 Å². The van der Waals surface area contributed by atoms with Crippen LogP contribution in [0.15, 0.2) is 24.3 Å². The summed E-state index contributed by atoms with van der Waals surface area (Å²) in [5.74, 6) is -0.861. The van der Waals surface area contributed by atoms with Gasteiger partial charge in [-0.15, -0.1) is 0 Å². The van der Waals surface area contributed by atoms with Crippen LogP contribution in [-0.2, 0) is 11.3 Å². The van der Waals surface area contributed by atoms with Crippen molar-refractivity contribution in [1.29, 1.82) is 0 Å². The fourth-order valence-electron chi connectivity index (χ4n) is 1.58. The molecule has 0 radical (unpaired) electrons. The molecule has 0 spiro atoms. The van der Waals surface area contributed by atoms with E-state index < -0.39 is 24.0 Å². The lowest BCUT2D eigenvalue weighted by Gasteiger charge is -2.19. The summed E-state index contributed by atoms with van der Waals surface area (Å²) in [7, 11) is 1.44. The van der Waals surface area contributed by atoms with Crippen molar-refractivity contribution in [1.82, 2.24) is 10.6 Å². The molecule has 2 atom stereocenters. The van der Waals surface area contributed by atoms with E-state index in [0.717, 1.165) is 5.56 Å². The molecule has 1 aromatic rings. The van der Waals surface area contributed by atoms with Crippen molar-refractivity contribution in [2.24, 2.45) is 5.73 Å². The number of benzene rings is 1. The molecule has 2 unspecified atom stereocenters. The van der Waals surface area contributed by atoms with Crippen LogP contribution in [0, 0.1) is 0 Å². The van der Waals surface area contributed by atoms with Gasteiger partial charge in [0.25, 0.3) is 5.91 Å². The minimum Gasteiger partial charge on any atom is -0.391 e. The van der Waals surface area contributed by atoms with Gasteiger partial charge >= 0.3 is 0 Å². The standard InChI is InChI=1S/C13H19N3O3/c1-8(17)11(13(19)15-2)16-12(18)10-5-3-9(7-14)4-6-10/h3-6,8,11,17H,7,14H2,1-2H3,(H,15,19)(H,16,18). The van der Waals surface area contributed by atoms with Gasteiger partial charge in [-0.1, -0.05) is 12.1 Å². The first-order chi connectivity index (χ1) is 8.99. The van der Waals surface area contributed by atoms with Gasteiger partial charge in [-0.3, -0.25) is 9.59 Å². The number of likely N-dealkylation sites (N-methyl/N-ethyl adjacent to an activating group) is 1. The van der Waals surface area contributed by atoms with Crippen LogP contribution < -0.4 is 16.4 Å². The maximum atomic E-state index is 11.9. The van der Waals surface area contributed by atoms with Crippen LogP contribution in [0.3, 0.4) is 0 Å². The zero-order valence-electron chi connectivity index (χ0n) is 11.0. The van der Waals surface area contributed by atoms with Crippen LogP contribution in [0.5, 0.6) is 0 Å². The van der Waals surface area contributed by atoms with E-state index in [-0.39, 0.29) is 0 Å². The first-order valence-corrected chi connectivity index (χ1v) is 5.99. The lowest BCUT2D eigenvalue weighted by Crippen LogP contribution is -2.51. The maximum absolute atomic E-state index is 11.9. The first-order valence-electron chi connectivity index (χ1n) is 5.99. The second-order valence-corrected chi connectivity index (χ2v) is 4.21. The molecular formula is C13H19N3O3. The molecular weight excluding hydrogens is 246 g/mol. The summed E-state index contributed by atoms with van der Waals surface area (Å²) in [5.41, 5.74) is 6.79. The molecule has 6 heteroatoms. The highest BCUT2D eigenvalue weighted by Crippen LogP contribution is 2.05. The van der Waals surface area contributed by atoms with E-state index in [4.69, 9.17) is 5.73 Å². The van der Waals surface area contributed by atoms with Gasteiger partial charge in [0.2, 0.25) is 5.91 Å². The zero-order chi connectivity index (χ0) is 14.4. The third-order valence-corrected chi connectivity index (χ3v) is 2.75. The first kappa shape index (κ1) is 15.1. The summed E-state index contributed by atoms with van der Waals surface area (Å²) in [6.45, 7) is 1.84. The third-order valence-electron chi connectivity index (χ3n) is 2.75. The van der Waals surface area contributed by atoms with Gasteiger partial charge in [-0.05, 0) is 24.6 Å². The molecule has 0 aliphatic carbocycles. The predicted octanol–water partition coefficient (Wildman–Crippen LogP) is -0.629. The number of carbonyl (C=O) groups is 2. The Bertz CT molecular complexity index is 443. The molecule has 0 aromatic heterocycles. The largest absolute Gasteiger partial charge is 0.391 e.